The van der Waals surface area contributed by atoms with E-state index < -0.39 is 10.0 Å². The molecule has 0 amide bonds. The number of hydrogen-bond donors (Lipinski definition) is 1. The minimum absolute atomic E-state index is 0.0184. The molecule has 88 valence electrons. The second-order valence-electron chi connectivity index (χ2n) is 2.75. The lowest BCUT2D eigenvalue weighted by molar-refractivity contribution is 0.608. The van der Waals surface area contributed by atoms with Gasteiger partial charge in [0, 0.05) is 17.7 Å². The van der Waals surface area contributed by atoms with Gasteiger partial charge < -0.3 is 0 Å². The van der Waals surface area contributed by atoms with Gasteiger partial charge in [-0.25, -0.2) is 13.4 Å². The lowest BCUT2D eigenvalue weighted by Gasteiger charge is -2.04. The van der Waals surface area contributed by atoms with Crippen LogP contribution in [0.3, 0.4) is 0 Å². The van der Waals surface area contributed by atoms with Crippen molar-refractivity contribution in [1.29, 1.82) is 0 Å². The van der Waals surface area contributed by atoms with Crippen molar-refractivity contribution in [3.05, 3.63) is 47.4 Å². The fourth-order valence-corrected chi connectivity index (χ4v) is 2.68. The van der Waals surface area contributed by atoms with Gasteiger partial charge in [0.15, 0.2) is 5.13 Å². The summed E-state index contributed by atoms with van der Waals surface area (Å²) in [6, 6.07) is 0. The lowest BCUT2D eigenvalue weighted by Crippen LogP contribution is -2.13. The zero-order chi connectivity index (χ0) is 12.7. The van der Waals surface area contributed by atoms with Crippen LogP contribution in [0.5, 0.6) is 0 Å². The molecule has 0 atom stereocenters. The molecule has 0 aromatic carbocycles. The number of hydrogen-bond acceptors (Lipinski definition) is 4. The van der Waals surface area contributed by atoms with Crippen molar-refractivity contribution in [3.8, 4) is 12.3 Å². The molecular formula is C11H10N2O2S2. The van der Waals surface area contributed by atoms with E-state index in [0.29, 0.717) is 5.13 Å². The predicted octanol–water partition coefficient (Wildman–Crippen LogP) is 2.14. The Kier molecular flexibility index (Phi) is 4.69. The molecule has 1 heterocycles. The Morgan fingerprint density at radius 3 is 2.94 bits per heavy atom. The Hall–Kier alpha value is -1.84. The Labute approximate surface area is 104 Å². The molecule has 1 aromatic rings. The summed E-state index contributed by atoms with van der Waals surface area (Å²) in [6.45, 7) is 3.46. The molecule has 0 aliphatic heterocycles. The Bertz CT molecular complexity index is 575. The van der Waals surface area contributed by atoms with Crippen molar-refractivity contribution < 1.29 is 8.42 Å². The normalized spacial score (nSPS) is 12.3. The largest absolute Gasteiger partial charge is 0.264 e. The molecule has 0 aliphatic carbocycles. The van der Waals surface area contributed by atoms with Gasteiger partial charge in [-0.1, -0.05) is 24.7 Å². The first-order valence-electron chi connectivity index (χ1n) is 4.48. The van der Waals surface area contributed by atoms with E-state index in [4.69, 9.17) is 6.42 Å². The fraction of sp³-hybridized carbons (Fsp3) is 0. The molecule has 1 N–H and O–H groups in total. The molecule has 0 saturated heterocycles. The smallest absolute Gasteiger partial charge is 0.255 e. The van der Waals surface area contributed by atoms with Gasteiger partial charge in [-0.15, -0.1) is 17.8 Å². The van der Waals surface area contributed by atoms with Gasteiger partial charge in [0.2, 0.25) is 0 Å². The molecule has 1 rings (SSSR count). The maximum Gasteiger partial charge on any atom is 0.264 e. The van der Waals surface area contributed by atoms with Crippen molar-refractivity contribution in [2.75, 3.05) is 4.72 Å². The first kappa shape index (κ1) is 13.2. The van der Waals surface area contributed by atoms with Crippen molar-refractivity contribution in [2.45, 2.75) is 0 Å². The lowest BCUT2D eigenvalue weighted by atomic mass is 10.4. The summed E-state index contributed by atoms with van der Waals surface area (Å²) in [7, 11) is -3.70. The number of terminal acetylenes is 1. The molecule has 0 fully saturated rings. The maximum atomic E-state index is 11.9. The van der Waals surface area contributed by atoms with Gasteiger partial charge in [-0.3, -0.25) is 4.72 Å². The number of anilines is 1. The number of sulfonamides is 1. The van der Waals surface area contributed by atoms with Crippen LogP contribution in [0.2, 0.25) is 0 Å². The van der Waals surface area contributed by atoms with Crippen molar-refractivity contribution in [2.24, 2.45) is 0 Å². The molecule has 0 aliphatic rings. The first-order valence-corrected chi connectivity index (χ1v) is 6.84. The third-order valence-corrected chi connectivity index (χ3v) is 3.74. The van der Waals surface area contributed by atoms with Crippen molar-refractivity contribution in [1.82, 2.24) is 4.98 Å². The van der Waals surface area contributed by atoms with Crippen LogP contribution in [0, 0.1) is 12.3 Å². The maximum absolute atomic E-state index is 11.9. The summed E-state index contributed by atoms with van der Waals surface area (Å²) < 4.78 is 26.1. The number of aromatic nitrogens is 1. The quantitative estimate of drug-likeness (QED) is 0.656. The highest BCUT2D eigenvalue weighted by Crippen LogP contribution is 2.17. The Morgan fingerprint density at radius 1 is 1.65 bits per heavy atom. The van der Waals surface area contributed by atoms with Crippen molar-refractivity contribution in [3.63, 3.8) is 0 Å². The van der Waals surface area contributed by atoms with E-state index in [0.717, 1.165) is 6.08 Å². The van der Waals surface area contributed by atoms with E-state index in [-0.39, 0.29) is 4.91 Å². The third-order valence-electron chi connectivity index (χ3n) is 1.59. The monoisotopic (exact) mass is 266 g/mol. The van der Waals surface area contributed by atoms with E-state index in [9.17, 15) is 8.42 Å². The SMILES string of the molecule is C#C/C=C(\C=C/C=C)S(=O)(=O)Nc1nccs1. The van der Waals surface area contributed by atoms with Gasteiger partial charge in [0.05, 0.1) is 4.91 Å². The molecule has 0 spiro atoms. The standard InChI is InChI=1S/C11H10N2O2S2/c1-3-5-7-10(6-4-2)17(14,15)13-11-12-8-9-16-11/h2-3,5-9H,1H2,(H,12,13)/b7-5-,10-6+. The number of nitrogens with one attached hydrogen (secondary N) is 1. The predicted molar refractivity (Wildman–Crippen MR) is 70.9 cm³/mol. The summed E-state index contributed by atoms with van der Waals surface area (Å²) >= 11 is 1.18. The average molecular weight is 266 g/mol. The summed E-state index contributed by atoms with van der Waals surface area (Å²) in [5, 5.41) is 1.96. The van der Waals surface area contributed by atoms with Crippen LogP contribution in [0.4, 0.5) is 5.13 Å². The molecule has 17 heavy (non-hydrogen) atoms. The number of rotatable bonds is 5. The first-order chi connectivity index (χ1) is 8.10. The van der Waals surface area contributed by atoms with E-state index in [1.54, 1.807) is 5.38 Å². The van der Waals surface area contributed by atoms with Crippen molar-refractivity contribution >= 4 is 26.5 Å². The highest BCUT2D eigenvalue weighted by atomic mass is 32.2. The zero-order valence-corrected chi connectivity index (χ0v) is 10.5. The summed E-state index contributed by atoms with van der Waals surface area (Å²) in [4.78, 5) is 3.81. The minimum atomic E-state index is -3.70. The van der Waals surface area contributed by atoms with Crippen LogP contribution < -0.4 is 4.72 Å². The Morgan fingerprint density at radius 2 is 2.41 bits per heavy atom. The molecule has 0 radical (unpaired) electrons. The number of allylic oxidation sites excluding steroid dienone is 4. The van der Waals surface area contributed by atoms with E-state index in [2.05, 4.69) is 22.2 Å². The molecule has 0 unspecified atom stereocenters. The van der Waals surface area contributed by atoms with Crippen LogP contribution >= 0.6 is 11.3 Å². The fourth-order valence-electron chi connectivity index (χ4n) is 0.908. The summed E-state index contributed by atoms with van der Waals surface area (Å²) in [5.74, 6) is 2.18. The Balaban J connectivity index is 3.02. The zero-order valence-electron chi connectivity index (χ0n) is 8.83. The highest BCUT2D eigenvalue weighted by Gasteiger charge is 2.15. The third kappa shape index (κ3) is 3.90. The van der Waals surface area contributed by atoms with E-state index >= 15 is 0 Å². The average Bonchev–Trinajstić information content (AvgIpc) is 2.75. The van der Waals surface area contributed by atoms with Gasteiger partial charge in [0.25, 0.3) is 10.0 Å². The molecule has 6 heteroatoms. The van der Waals surface area contributed by atoms with Crippen LogP contribution in [0.15, 0.2) is 47.4 Å². The van der Waals surface area contributed by atoms with E-state index in [1.165, 1.54) is 35.8 Å². The second kappa shape index (κ2) is 6.03. The molecule has 0 saturated carbocycles. The minimum Gasteiger partial charge on any atom is -0.255 e. The van der Waals surface area contributed by atoms with Gasteiger partial charge in [-0.05, 0) is 6.08 Å². The molecule has 4 nitrogen and oxygen atoms in total. The summed E-state index contributed by atoms with van der Waals surface area (Å²) in [5.41, 5.74) is 0. The van der Waals surface area contributed by atoms with Crippen LogP contribution in [0.25, 0.3) is 0 Å². The number of nitrogens with zero attached hydrogens (tertiary/aromatic N) is 1. The van der Waals surface area contributed by atoms with Gasteiger partial charge >= 0.3 is 0 Å². The highest BCUT2D eigenvalue weighted by molar-refractivity contribution is 7.96. The summed E-state index contributed by atoms with van der Waals surface area (Å²) in [6.07, 6.45) is 12.1. The van der Waals surface area contributed by atoms with Crippen LogP contribution in [0.1, 0.15) is 0 Å². The van der Waals surface area contributed by atoms with Gasteiger partial charge in [0.1, 0.15) is 0 Å². The molecule has 0 bridgehead atoms. The molecular weight excluding hydrogens is 256 g/mol. The topological polar surface area (TPSA) is 59.1 Å². The van der Waals surface area contributed by atoms with E-state index in [1.807, 2.05) is 0 Å². The van der Waals surface area contributed by atoms with Crippen LogP contribution in [-0.4, -0.2) is 13.4 Å². The van der Waals surface area contributed by atoms with Gasteiger partial charge in [-0.2, -0.15) is 0 Å². The molecule has 1 aromatic heterocycles. The number of thiazole rings is 1. The van der Waals surface area contributed by atoms with Crippen LogP contribution in [-0.2, 0) is 10.0 Å². The second-order valence-corrected chi connectivity index (χ2v) is 5.33.